The Balaban J connectivity index is 0.000000800. The van der Waals surface area contributed by atoms with E-state index in [0.29, 0.717) is 28.1 Å². The summed E-state index contributed by atoms with van der Waals surface area (Å²) in [5, 5.41) is 3.11. The largest absolute Gasteiger partial charge is 0.374 e. The van der Waals surface area contributed by atoms with Crippen molar-refractivity contribution in [3.63, 3.8) is 0 Å². The number of nitrogens with one attached hydrogen (secondary N) is 1. The molecule has 5 fully saturated rings. The van der Waals surface area contributed by atoms with Crippen LogP contribution in [0.15, 0.2) is 12.7 Å². The van der Waals surface area contributed by atoms with Gasteiger partial charge in [-0.25, -0.2) is 0 Å². The standard InChI is InChI=1S/C24H40O.C9H16O.C4H11N.2C2H6.C2H2/c1-17(25)7-6-9-19-11-13-21-20-12-10-18-8-4-5-15-23(18,2)22(20)14-16-24(19,21)3;1-4-8-5-6-9(2,3)7-10-8;1-3-5-4-2;3*1-2/h18-22H,4-16H2,1-3H3;4,8H,1,5-7H2,2-3H3;5H,3-4H2,1-2H3;2*1-2H3;1-2H. The van der Waals surface area contributed by atoms with Crippen LogP contribution in [0.3, 0.4) is 0 Å². The number of hydrogen-bond acceptors (Lipinski definition) is 3. The fourth-order valence-electron chi connectivity index (χ4n) is 9.93. The zero-order chi connectivity index (χ0) is 35.4. The number of fused-ring (bicyclic) bond motifs is 5. The second-order valence-corrected chi connectivity index (χ2v) is 15.6. The summed E-state index contributed by atoms with van der Waals surface area (Å²) in [7, 11) is 0. The van der Waals surface area contributed by atoms with Crippen molar-refractivity contribution in [3.8, 4) is 12.8 Å². The predicted molar refractivity (Wildman–Crippen MR) is 204 cm³/mol. The Morgan fingerprint density at radius 1 is 0.826 bits per heavy atom. The Bertz CT molecular complexity index is 820. The van der Waals surface area contributed by atoms with Gasteiger partial charge in [0.05, 0.1) is 12.7 Å². The van der Waals surface area contributed by atoms with Gasteiger partial charge in [0.15, 0.2) is 0 Å². The average molecular weight is 644 g/mol. The van der Waals surface area contributed by atoms with Crippen LogP contribution in [-0.2, 0) is 9.53 Å². The lowest BCUT2D eigenvalue weighted by atomic mass is 9.45. The van der Waals surface area contributed by atoms with Crippen LogP contribution < -0.4 is 5.32 Å². The molecule has 4 aliphatic carbocycles. The van der Waals surface area contributed by atoms with Gasteiger partial charge in [0.2, 0.25) is 0 Å². The topological polar surface area (TPSA) is 38.3 Å². The number of carbonyl (C=O) groups excluding carboxylic acids is 1. The summed E-state index contributed by atoms with van der Waals surface area (Å²) in [5.74, 6) is 5.37. The van der Waals surface area contributed by atoms with E-state index >= 15 is 0 Å². The second kappa shape index (κ2) is 23.3. The molecule has 5 rings (SSSR count). The minimum atomic E-state index is 0.313. The third kappa shape index (κ3) is 12.7. The third-order valence-corrected chi connectivity index (χ3v) is 12.4. The number of carbonyl (C=O) groups is 1. The van der Waals surface area contributed by atoms with Crippen molar-refractivity contribution < 1.29 is 9.53 Å². The molecule has 1 saturated heterocycles. The van der Waals surface area contributed by atoms with E-state index in [0.717, 1.165) is 68.5 Å². The molecule has 0 aromatic rings. The SMILES string of the molecule is C#C.C=CC1CCC(C)(C)CO1.CC.CC.CC(=O)CCCC1CCC2C3CCC4CCCCC4(C)C3CCC12C.CCNCC. The summed E-state index contributed by atoms with van der Waals surface area (Å²) in [6, 6.07) is 0. The van der Waals surface area contributed by atoms with Crippen molar-refractivity contribution in [1.29, 1.82) is 0 Å². The van der Waals surface area contributed by atoms with E-state index in [1.165, 1.54) is 77.0 Å². The smallest absolute Gasteiger partial charge is 0.129 e. The Morgan fingerprint density at radius 3 is 1.98 bits per heavy atom. The molecule has 1 N–H and O–H groups in total. The van der Waals surface area contributed by atoms with E-state index in [1.54, 1.807) is 6.92 Å². The molecule has 3 heteroatoms. The minimum absolute atomic E-state index is 0.313. The highest BCUT2D eigenvalue weighted by Gasteiger charge is 2.59. The van der Waals surface area contributed by atoms with E-state index in [-0.39, 0.29) is 0 Å². The van der Waals surface area contributed by atoms with Gasteiger partial charge in [-0.15, -0.1) is 19.4 Å². The van der Waals surface area contributed by atoms with Crippen LogP contribution >= 0.6 is 0 Å². The first-order valence-corrected chi connectivity index (χ1v) is 19.8. The normalized spacial score (nSPS) is 34.8. The van der Waals surface area contributed by atoms with Gasteiger partial charge in [-0.1, -0.05) is 88.2 Å². The van der Waals surface area contributed by atoms with Crippen LogP contribution in [-0.4, -0.2) is 31.6 Å². The molecule has 0 aromatic carbocycles. The first-order valence-electron chi connectivity index (χ1n) is 19.8. The molecule has 8 atom stereocenters. The summed E-state index contributed by atoms with van der Waals surface area (Å²) in [4.78, 5) is 11.3. The van der Waals surface area contributed by atoms with Crippen molar-refractivity contribution >= 4 is 5.78 Å². The lowest BCUT2D eigenvalue weighted by Gasteiger charge is -2.60. The van der Waals surface area contributed by atoms with E-state index in [4.69, 9.17) is 4.74 Å². The maximum Gasteiger partial charge on any atom is 0.129 e. The molecule has 0 amide bonds. The quantitative estimate of drug-likeness (QED) is 0.222. The van der Waals surface area contributed by atoms with Crippen molar-refractivity contribution in [2.24, 2.45) is 45.8 Å². The molecule has 0 radical (unpaired) electrons. The molecular formula is C43H81NO2. The van der Waals surface area contributed by atoms with Crippen molar-refractivity contribution in [3.05, 3.63) is 12.7 Å². The van der Waals surface area contributed by atoms with Gasteiger partial charge >= 0.3 is 0 Å². The summed E-state index contributed by atoms with van der Waals surface area (Å²) in [5.41, 5.74) is 1.66. The molecule has 1 heterocycles. The van der Waals surface area contributed by atoms with Gasteiger partial charge in [0, 0.05) is 6.42 Å². The number of terminal acetylenes is 1. The molecule has 5 aliphatic rings. The summed E-state index contributed by atoms with van der Waals surface area (Å²) in [6.45, 7) is 30.6. The van der Waals surface area contributed by atoms with E-state index in [2.05, 4.69) is 66.3 Å². The summed E-state index contributed by atoms with van der Waals surface area (Å²) < 4.78 is 5.52. The van der Waals surface area contributed by atoms with Gasteiger partial charge < -0.3 is 14.8 Å². The van der Waals surface area contributed by atoms with Crippen LogP contribution in [0.4, 0.5) is 0 Å². The summed E-state index contributed by atoms with van der Waals surface area (Å²) >= 11 is 0. The predicted octanol–water partition coefficient (Wildman–Crippen LogP) is 12.1. The fourth-order valence-corrected chi connectivity index (χ4v) is 9.93. The Morgan fingerprint density at radius 2 is 1.46 bits per heavy atom. The molecule has 0 aromatic heterocycles. The third-order valence-electron chi connectivity index (χ3n) is 12.4. The van der Waals surface area contributed by atoms with Gasteiger partial charge in [-0.3, -0.25) is 0 Å². The van der Waals surface area contributed by atoms with Crippen LogP contribution in [0, 0.1) is 58.7 Å². The average Bonchev–Trinajstić information content (AvgIpc) is 3.40. The fraction of sp³-hybridized carbons (Fsp3) is 0.884. The molecule has 0 bridgehead atoms. The van der Waals surface area contributed by atoms with Crippen molar-refractivity contribution in [2.45, 2.75) is 179 Å². The van der Waals surface area contributed by atoms with Gasteiger partial charge in [0.1, 0.15) is 5.78 Å². The molecule has 270 valence electrons. The van der Waals surface area contributed by atoms with E-state index in [1.807, 2.05) is 33.8 Å². The number of Topliss-reactive ketones (excluding diaryl/α,β-unsaturated/α-hetero) is 1. The zero-order valence-electron chi connectivity index (χ0n) is 32.9. The molecule has 4 saturated carbocycles. The minimum Gasteiger partial charge on any atom is -0.374 e. The van der Waals surface area contributed by atoms with Crippen molar-refractivity contribution in [2.75, 3.05) is 19.7 Å². The maximum absolute atomic E-state index is 11.3. The van der Waals surface area contributed by atoms with Crippen LogP contribution in [0.1, 0.15) is 172 Å². The Hall–Kier alpha value is -1.11. The highest BCUT2D eigenvalue weighted by Crippen LogP contribution is 2.67. The highest BCUT2D eigenvalue weighted by molar-refractivity contribution is 5.75. The lowest BCUT2D eigenvalue weighted by molar-refractivity contribution is -0.117. The first-order chi connectivity index (χ1) is 22.0. The van der Waals surface area contributed by atoms with Gasteiger partial charge in [0.25, 0.3) is 0 Å². The zero-order valence-corrected chi connectivity index (χ0v) is 32.9. The van der Waals surface area contributed by atoms with Crippen molar-refractivity contribution in [1.82, 2.24) is 5.32 Å². The molecular weight excluding hydrogens is 562 g/mol. The van der Waals surface area contributed by atoms with E-state index in [9.17, 15) is 4.79 Å². The van der Waals surface area contributed by atoms with Crippen LogP contribution in [0.2, 0.25) is 0 Å². The molecule has 3 nitrogen and oxygen atoms in total. The van der Waals surface area contributed by atoms with Gasteiger partial charge in [-0.2, -0.15) is 0 Å². The van der Waals surface area contributed by atoms with Crippen LogP contribution in [0.5, 0.6) is 0 Å². The second-order valence-electron chi connectivity index (χ2n) is 15.6. The number of hydrogen-bond donors (Lipinski definition) is 1. The maximum atomic E-state index is 11.3. The number of rotatable bonds is 7. The molecule has 8 unspecified atom stereocenters. The first kappa shape index (κ1) is 44.9. The Labute approximate surface area is 289 Å². The molecule has 0 spiro atoms. The lowest BCUT2D eigenvalue weighted by Crippen LogP contribution is -2.52. The number of ether oxygens (including phenoxy) is 1. The molecule has 46 heavy (non-hydrogen) atoms. The monoisotopic (exact) mass is 644 g/mol. The number of ketones is 1. The summed E-state index contributed by atoms with van der Waals surface area (Å²) in [6.07, 6.45) is 30.9. The van der Waals surface area contributed by atoms with E-state index < -0.39 is 0 Å². The Kier molecular flexibility index (Phi) is 22.7. The van der Waals surface area contributed by atoms with Crippen LogP contribution in [0.25, 0.3) is 0 Å². The van der Waals surface area contributed by atoms with Gasteiger partial charge in [-0.05, 0) is 143 Å². The highest BCUT2D eigenvalue weighted by atomic mass is 16.5. The molecule has 1 aliphatic heterocycles.